The molecule has 16 heavy (non-hydrogen) atoms. The van der Waals surface area contributed by atoms with Gasteiger partial charge in [-0.25, -0.2) is 0 Å². The average molecular weight is 223 g/mol. The van der Waals surface area contributed by atoms with Gasteiger partial charge in [-0.1, -0.05) is 46.0 Å². The van der Waals surface area contributed by atoms with E-state index in [9.17, 15) is 0 Å². The van der Waals surface area contributed by atoms with Crippen molar-refractivity contribution in [1.82, 2.24) is 5.32 Å². The maximum absolute atomic E-state index is 3.58. The second kappa shape index (κ2) is 6.05. The van der Waals surface area contributed by atoms with Crippen LogP contribution in [0.1, 0.15) is 58.8 Å². The second-order valence-corrected chi connectivity index (χ2v) is 6.01. The molecule has 0 spiro atoms. The van der Waals surface area contributed by atoms with E-state index in [0.717, 1.165) is 30.2 Å². The van der Waals surface area contributed by atoms with Gasteiger partial charge in [0.05, 0.1) is 0 Å². The van der Waals surface area contributed by atoms with Gasteiger partial charge in [0.1, 0.15) is 0 Å². The van der Waals surface area contributed by atoms with Gasteiger partial charge in [-0.2, -0.15) is 0 Å². The van der Waals surface area contributed by atoms with Crippen LogP contribution in [-0.4, -0.2) is 13.1 Å². The molecule has 1 N–H and O–H groups in total. The summed E-state index contributed by atoms with van der Waals surface area (Å²) >= 11 is 0. The van der Waals surface area contributed by atoms with Crippen molar-refractivity contribution in [2.24, 2.45) is 23.7 Å². The van der Waals surface area contributed by atoms with Gasteiger partial charge in [0, 0.05) is 0 Å². The van der Waals surface area contributed by atoms with Crippen molar-refractivity contribution in [3.05, 3.63) is 0 Å². The molecule has 0 heterocycles. The third kappa shape index (κ3) is 2.80. The fourth-order valence-electron chi connectivity index (χ4n) is 3.76. The molecular weight excluding hydrogens is 194 g/mol. The molecule has 2 aliphatic carbocycles. The van der Waals surface area contributed by atoms with E-state index in [1.165, 1.54) is 51.5 Å². The van der Waals surface area contributed by atoms with E-state index < -0.39 is 0 Å². The Morgan fingerprint density at radius 1 is 1.06 bits per heavy atom. The lowest BCUT2D eigenvalue weighted by Gasteiger charge is -2.44. The SMILES string of the molecule is CCNCC1CCC(CC)CC1C1CCC1. The molecule has 1 heteroatoms. The Labute approximate surface area is 101 Å². The summed E-state index contributed by atoms with van der Waals surface area (Å²) in [6, 6.07) is 0. The van der Waals surface area contributed by atoms with E-state index in [4.69, 9.17) is 0 Å². The highest BCUT2D eigenvalue weighted by Gasteiger charge is 2.36. The molecule has 2 rings (SSSR count). The molecule has 0 bridgehead atoms. The summed E-state index contributed by atoms with van der Waals surface area (Å²) in [5, 5.41) is 3.58. The first-order chi connectivity index (χ1) is 7.85. The topological polar surface area (TPSA) is 12.0 Å². The molecule has 0 radical (unpaired) electrons. The fraction of sp³-hybridized carbons (Fsp3) is 1.00. The molecule has 0 aromatic heterocycles. The first-order valence-corrected chi connectivity index (χ1v) is 7.55. The molecule has 0 aliphatic heterocycles. The summed E-state index contributed by atoms with van der Waals surface area (Å²) in [5.41, 5.74) is 0. The standard InChI is InChI=1S/C15H29N/c1-3-12-8-9-14(11-16-4-2)15(10-12)13-6-5-7-13/h12-16H,3-11H2,1-2H3. The average Bonchev–Trinajstić information content (AvgIpc) is 2.25. The monoisotopic (exact) mass is 223 g/mol. The first-order valence-electron chi connectivity index (χ1n) is 7.55. The van der Waals surface area contributed by atoms with E-state index >= 15 is 0 Å². The zero-order valence-electron chi connectivity index (χ0n) is 11.2. The van der Waals surface area contributed by atoms with Gasteiger partial charge in [-0.3, -0.25) is 0 Å². The number of rotatable bonds is 5. The zero-order chi connectivity index (χ0) is 11.4. The predicted octanol–water partition coefficient (Wildman–Crippen LogP) is 3.84. The normalized spacial score (nSPS) is 36.0. The second-order valence-electron chi connectivity index (χ2n) is 6.01. The molecular formula is C15H29N. The van der Waals surface area contributed by atoms with Crippen molar-refractivity contribution in [3.8, 4) is 0 Å². The van der Waals surface area contributed by atoms with Crippen molar-refractivity contribution in [1.29, 1.82) is 0 Å². The van der Waals surface area contributed by atoms with Crippen LogP contribution < -0.4 is 5.32 Å². The van der Waals surface area contributed by atoms with E-state index in [1.807, 2.05) is 0 Å². The van der Waals surface area contributed by atoms with Gasteiger partial charge in [-0.05, 0) is 49.6 Å². The molecule has 2 saturated carbocycles. The molecule has 2 aliphatic rings. The highest BCUT2D eigenvalue weighted by atomic mass is 14.8. The van der Waals surface area contributed by atoms with E-state index in [0.29, 0.717) is 0 Å². The predicted molar refractivity (Wildman–Crippen MR) is 70.5 cm³/mol. The first kappa shape index (κ1) is 12.4. The fourth-order valence-corrected chi connectivity index (χ4v) is 3.76. The summed E-state index contributed by atoms with van der Waals surface area (Å²) in [5.74, 6) is 4.20. The lowest BCUT2D eigenvalue weighted by atomic mass is 9.62. The molecule has 0 aromatic rings. The van der Waals surface area contributed by atoms with Crippen LogP contribution in [-0.2, 0) is 0 Å². The highest BCUT2D eigenvalue weighted by molar-refractivity contribution is 4.88. The van der Waals surface area contributed by atoms with Crippen LogP contribution in [0.2, 0.25) is 0 Å². The van der Waals surface area contributed by atoms with E-state index in [-0.39, 0.29) is 0 Å². The third-order valence-electron chi connectivity index (χ3n) is 5.15. The Morgan fingerprint density at radius 2 is 1.88 bits per heavy atom. The maximum Gasteiger partial charge on any atom is -0.00179 e. The van der Waals surface area contributed by atoms with Gasteiger partial charge >= 0.3 is 0 Å². The molecule has 3 atom stereocenters. The molecule has 0 amide bonds. The molecule has 0 saturated heterocycles. The third-order valence-corrected chi connectivity index (χ3v) is 5.15. The molecule has 0 aromatic carbocycles. The van der Waals surface area contributed by atoms with Crippen LogP contribution in [0.25, 0.3) is 0 Å². The number of hydrogen-bond donors (Lipinski definition) is 1. The van der Waals surface area contributed by atoms with Gasteiger partial charge < -0.3 is 5.32 Å². The Kier molecular flexibility index (Phi) is 4.69. The van der Waals surface area contributed by atoms with Crippen LogP contribution in [0.5, 0.6) is 0 Å². The number of hydrogen-bond acceptors (Lipinski definition) is 1. The highest BCUT2D eigenvalue weighted by Crippen LogP contribution is 2.46. The van der Waals surface area contributed by atoms with Gasteiger partial charge in [-0.15, -0.1) is 0 Å². The van der Waals surface area contributed by atoms with Gasteiger partial charge in [0.2, 0.25) is 0 Å². The minimum atomic E-state index is 0.994. The van der Waals surface area contributed by atoms with Crippen LogP contribution in [0.4, 0.5) is 0 Å². The van der Waals surface area contributed by atoms with Crippen molar-refractivity contribution in [2.45, 2.75) is 58.8 Å². The minimum Gasteiger partial charge on any atom is -0.317 e. The molecule has 1 nitrogen and oxygen atoms in total. The maximum atomic E-state index is 3.58. The van der Waals surface area contributed by atoms with Crippen molar-refractivity contribution in [2.75, 3.05) is 13.1 Å². The Morgan fingerprint density at radius 3 is 2.44 bits per heavy atom. The van der Waals surface area contributed by atoms with Crippen molar-refractivity contribution >= 4 is 0 Å². The van der Waals surface area contributed by atoms with Crippen molar-refractivity contribution < 1.29 is 0 Å². The summed E-state index contributed by atoms with van der Waals surface area (Å²) in [6.07, 6.45) is 10.5. The smallest absolute Gasteiger partial charge is 0.00179 e. The Bertz CT molecular complexity index is 198. The summed E-state index contributed by atoms with van der Waals surface area (Å²) in [4.78, 5) is 0. The van der Waals surface area contributed by atoms with Crippen LogP contribution in [0, 0.1) is 23.7 Å². The quantitative estimate of drug-likeness (QED) is 0.747. The summed E-state index contributed by atoms with van der Waals surface area (Å²) in [6.45, 7) is 7.04. The lowest BCUT2D eigenvalue weighted by molar-refractivity contribution is 0.0728. The Hall–Kier alpha value is -0.0400. The van der Waals surface area contributed by atoms with Crippen molar-refractivity contribution in [3.63, 3.8) is 0 Å². The van der Waals surface area contributed by atoms with E-state index in [2.05, 4.69) is 19.2 Å². The number of nitrogens with one attached hydrogen (secondary N) is 1. The molecule has 2 fully saturated rings. The van der Waals surface area contributed by atoms with Crippen LogP contribution in [0.3, 0.4) is 0 Å². The largest absolute Gasteiger partial charge is 0.317 e. The van der Waals surface area contributed by atoms with Gasteiger partial charge in [0.15, 0.2) is 0 Å². The summed E-state index contributed by atoms with van der Waals surface area (Å²) < 4.78 is 0. The van der Waals surface area contributed by atoms with E-state index in [1.54, 1.807) is 0 Å². The molecule has 94 valence electrons. The van der Waals surface area contributed by atoms with Gasteiger partial charge in [0.25, 0.3) is 0 Å². The minimum absolute atomic E-state index is 0.994. The molecule has 3 unspecified atom stereocenters. The van der Waals surface area contributed by atoms with Crippen LogP contribution >= 0.6 is 0 Å². The lowest BCUT2D eigenvalue weighted by Crippen LogP contribution is -2.38. The zero-order valence-corrected chi connectivity index (χ0v) is 11.2. The van der Waals surface area contributed by atoms with Crippen LogP contribution in [0.15, 0.2) is 0 Å². The Balaban J connectivity index is 1.88. The summed E-state index contributed by atoms with van der Waals surface area (Å²) in [7, 11) is 0.